The van der Waals surface area contributed by atoms with E-state index >= 15 is 0 Å². The Kier molecular flexibility index (Phi) is 4.69. The van der Waals surface area contributed by atoms with Crippen LogP contribution in [-0.4, -0.2) is 43.3 Å². The second-order valence-corrected chi connectivity index (χ2v) is 6.22. The monoisotopic (exact) mass is 302 g/mol. The lowest BCUT2D eigenvalue weighted by Gasteiger charge is -2.31. The van der Waals surface area contributed by atoms with Gasteiger partial charge in [0.15, 0.2) is 0 Å². The third kappa shape index (κ3) is 3.28. The molecular weight excluding hydrogens is 276 g/mol. The third-order valence-electron chi connectivity index (χ3n) is 4.36. The maximum Gasteiger partial charge on any atom is 0.141 e. The molecule has 1 fully saturated rings. The Balaban J connectivity index is 1.70. The average Bonchev–Trinajstić information content (AvgIpc) is 2.93. The second-order valence-electron chi connectivity index (χ2n) is 6.22. The molecule has 0 aliphatic carbocycles. The maximum atomic E-state index is 6.37. The van der Waals surface area contributed by atoms with Gasteiger partial charge in [0.2, 0.25) is 0 Å². The van der Waals surface area contributed by atoms with Crippen molar-refractivity contribution in [1.82, 2.24) is 4.90 Å². The van der Waals surface area contributed by atoms with E-state index < -0.39 is 0 Å². The van der Waals surface area contributed by atoms with Crippen LogP contribution in [-0.2, 0) is 0 Å². The summed E-state index contributed by atoms with van der Waals surface area (Å²) in [5.74, 6) is 1.83. The first-order chi connectivity index (χ1) is 10.7. The van der Waals surface area contributed by atoms with Gasteiger partial charge in [-0.15, -0.1) is 0 Å². The van der Waals surface area contributed by atoms with Crippen LogP contribution in [0, 0.1) is 0 Å². The third-order valence-corrected chi connectivity index (χ3v) is 4.36. The van der Waals surface area contributed by atoms with Crippen LogP contribution in [0.1, 0.15) is 31.7 Å². The summed E-state index contributed by atoms with van der Waals surface area (Å²) in [5.41, 5.74) is 6.57. The molecule has 3 rings (SSSR count). The van der Waals surface area contributed by atoms with Gasteiger partial charge < -0.3 is 15.2 Å². The zero-order valence-electron chi connectivity index (χ0n) is 13.4. The van der Waals surface area contributed by atoms with Gasteiger partial charge in [0.05, 0.1) is 6.61 Å². The average molecular weight is 302 g/mol. The first-order valence-electron chi connectivity index (χ1n) is 8.32. The highest BCUT2D eigenvalue weighted by molar-refractivity contribution is 5.63. The molecule has 0 radical (unpaired) electrons. The summed E-state index contributed by atoms with van der Waals surface area (Å²) in [7, 11) is 0. The van der Waals surface area contributed by atoms with E-state index in [9.17, 15) is 0 Å². The predicted molar refractivity (Wildman–Crippen MR) is 89.3 cm³/mol. The number of ether oxygens (including phenoxy) is 2. The highest BCUT2D eigenvalue weighted by Crippen LogP contribution is 2.38. The first-order valence-corrected chi connectivity index (χ1v) is 8.32. The zero-order valence-corrected chi connectivity index (χ0v) is 13.4. The van der Waals surface area contributed by atoms with Crippen molar-refractivity contribution in [3.8, 4) is 11.5 Å². The summed E-state index contributed by atoms with van der Waals surface area (Å²) >= 11 is 0. The largest absolute Gasteiger partial charge is 0.493 e. The minimum atomic E-state index is -0.176. The molecule has 120 valence electrons. The Labute approximate surface area is 132 Å². The number of rotatable bonds is 6. The predicted octanol–water partition coefficient (Wildman–Crippen LogP) is 2.67. The van der Waals surface area contributed by atoms with Crippen molar-refractivity contribution in [2.24, 2.45) is 5.73 Å². The van der Waals surface area contributed by atoms with E-state index in [0.717, 1.165) is 69.1 Å². The van der Waals surface area contributed by atoms with Crippen LogP contribution in [0.5, 0.6) is 11.5 Å². The zero-order chi connectivity index (χ0) is 15.4. The van der Waals surface area contributed by atoms with Crippen LogP contribution in [0.3, 0.4) is 0 Å². The molecule has 1 saturated heterocycles. The number of nitrogens with zero attached hydrogens (tertiary/aromatic N) is 1. The fourth-order valence-electron chi connectivity index (χ4n) is 3.15. The molecule has 4 nitrogen and oxygen atoms in total. The Morgan fingerprint density at radius 3 is 3.14 bits per heavy atom. The second kappa shape index (κ2) is 6.71. The fraction of sp³-hybridized carbons (Fsp3) is 0.556. The van der Waals surface area contributed by atoms with E-state index in [1.807, 2.05) is 12.1 Å². The van der Waals surface area contributed by atoms with Gasteiger partial charge in [-0.3, -0.25) is 4.90 Å². The van der Waals surface area contributed by atoms with Gasteiger partial charge in [-0.25, -0.2) is 0 Å². The van der Waals surface area contributed by atoms with Crippen LogP contribution in [0.15, 0.2) is 24.3 Å². The lowest BCUT2D eigenvalue weighted by atomic mass is 9.97. The summed E-state index contributed by atoms with van der Waals surface area (Å²) in [5, 5.41) is 0. The smallest absolute Gasteiger partial charge is 0.141 e. The maximum absolute atomic E-state index is 6.37. The Bertz CT molecular complexity index is 544. The summed E-state index contributed by atoms with van der Waals surface area (Å²) in [6.07, 6.45) is 7.51. The van der Waals surface area contributed by atoms with Crippen molar-refractivity contribution < 1.29 is 9.47 Å². The topological polar surface area (TPSA) is 47.7 Å². The molecule has 1 spiro atoms. The van der Waals surface area contributed by atoms with Crippen LogP contribution in [0.25, 0.3) is 6.08 Å². The highest BCUT2D eigenvalue weighted by Gasteiger charge is 2.39. The van der Waals surface area contributed by atoms with Crippen molar-refractivity contribution in [3.05, 3.63) is 29.8 Å². The SMILES string of the molecule is CCCOc1ccc2c(c1)OC1(C=C2)CCN(CCCN)C1. The van der Waals surface area contributed by atoms with Gasteiger partial charge in [-0.2, -0.15) is 0 Å². The van der Waals surface area contributed by atoms with Gasteiger partial charge in [-0.05, 0) is 44.1 Å². The number of fused-ring (bicyclic) bond motifs is 1. The first kappa shape index (κ1) is 15.4. The molecule has 4 heteroatoms. The normalized spacial score (nSPS) is 23.5. The summed E-state index contributed by atoms with van der Waals surface area (Å²) in [4.78, 5) is 2.44. The van der Waals surface area contributed by atoms with Crippen LogP contribution in [0.2, 0.25) is 0 Å². The van der Waals surface area contributed by atoms with Gasteiger partial charge in [-0.1, -0.05) is 13.0 Å². The lowest BCUT2D eigenvalue weighted by Crippen LogP contribution is -2.39. The van der Waals surface area contributed by atoms with Crippen LogP contribution in [0.4, 0.5) is 0 Å². The molecule has 1 unspecified atom stereocenters. The number of benzene rings is 1. The molecular formula is C18H26N2O2. The number of hydrogen-bond donors (Lipinski definition) is 1. The van der Waals surface area contributed by atoms with Crippen molar-refractivity contribution >= 4 is 6.08 Å². The molecule has 2 heterocycles. The molecule has 1 aromatic rings. The minimum Gasteiger partial charge on any atom is -0.493 e. The molecule has 0 aromatic heterocycles. The van der Waals surface area contributed by atoms with Gasteiger partial charge in [0, 0.05) is 31.1 Å². The molecule has 2 aliphatic rings. The molecule has 2 N–H and O–H groups in total. The minimum absolute atomic E-state index is 0.176. The van der Waals surface area contributed by atoms with Crippen LogP contribution >= 0.6 is 0 Å². The molecule has 2 aliphatic heterocycles. The van der Waals surface area contributed by atoms with Crippen molar-refractivity contribution in [2.75, 3.05) is 32.8 Å². The van der Waals surface area contributed by atoms with E-state index in [1.54, 1.807) is 0 Å². The Morgan fingerprint density at radius 1 is 1.41 bits per heavy atom. The fourth-order valence-corrected chi connectivity index (χ4v) is 3.15. The molecule has 0 amide bonds. The lowest BCUT2D eigenvalue weighted by molar-refractivity contribution is 0.122. The molecule has 0 saturated carbocycles. The summed E-state index contributed by atoms with van der Waals surface area (Å²) in [6.45, 7) is 6.69. The molecule has 1 aromatic carbocycles. The van der Waals surface area contributed by atoms with E-state index in [0.29, 0.717) is 0 Å². The Morgan fingerprint density at radius 2 is 2.32 bits per heavy atom. The van der Waals surface area contributed by atoms with Gasteiger partial charge in [0.25, 0.3) is 0 Å². The molecule has 0 bridgehead atoms. The number of hydrogen-bond acceptors (Lipinski definition) is 4. The quantitative estimate of drug-likeness (QED) is 0.877. The van der Waals surface area contributed by atoms with E-state index in [4.69, 9.17) is 15.2 Å². The number of nitrogens with two attached hydrogens (primary N) is 1. The number of likely N-dealkylation sites (tertiary alicyclic amines) is 1. The van der Waals surface area contributed by atoms with Crippen molar-refractivity contribution in [1.29, 1.82) is 0 Å². The van der Waals surface area contributed by atoms with Crippen molar-refractivity contribution in [3.63, 3.8) is 0 Å². The van der Waals surface area contributed by atoms with Gasteiger partial charge >= 0.3 is 0 Å². The van der Waals surface area contributed by atoms with Gasteiger partial charge in [0.1, 0.15) is 17.1 Å². The Hall–Kier alpha value is -1.52. The van der Waals surface area contributed by atoms with E-state index in [1.165, 1.54) is 0 Å². The standard InChI is InChI=1S/C18H26N2O2/c1-2-12-21-16-5-4-15-6-7-18(22-17(15)13-16)8-11-20(14-18)10-3-9-19/h4-7,13H,2-3,8-12,14,19H2,1H3. The molecule has 22 heavy (non-hydrogen) atoms. The summed E-state index contributed by atoms with van der Waals surface area (Å²) < 4.78 is 12.1. The van der Waals surface area contributed by atoms with E-state index in [2.05, 4.69) is 30.0 Å². The van der Waals surface area contributed by atoms with Crippen LogP contribution < -0.4 is 15.2 Å². The highest BCUT2D eigenvalue weighted by atomic mass is 16.5. The van der Waals surface area contributed by atoms with E-state index in [-0.39, 0.29) is 5.60 Å². The molecule has 1 atom stereocenters. The van der Waals surface area contributed by atoms with Crippen molar-refractivity contribution in [2.45, 2.75) is 31.8 Å². The summed E-state index contributed by atoms with van der Waals surface area (Å²) in [6, 6.07) is 6.12.